The van der Waals surface area contributed by atoms with Gasteiger partial charge in [-0.05, 0) is 39.2 Å². The zero-order valence-corrected chi connectivity index (χ0v) is 10.2. The summed E-state index contributed by atoms with van der Waals surface area (Å²) in [4.78, 5) is 11.6. The molecular weight excluding hydrogens is 246 g/mol. The van der Waals surface area contributed by atoms with Crippen molar-refractivity contribution >= 4 is 21.9 Å². The van der Waals surface area contributed by atoms with Crippen molar-refractivity contribution in [2.75, 3.05) is 12.4 Å². The van der Waals surface area contributed by atoms with E-state index in [1.807, 2.05) is 0 Å². The third-order valence-corrected chi connectivity index (χ3v) is 3.07. The average molecular weight is 264 g/mol. The van der Waals surface area contributed by atoms with Crippen molar-refractivity contribution in [3.63, 3.8) is 0 Å². The van der Waals surface area contributed by atoms with E-state index in [0.717, 1.165) is 24.6 Å². The summed E-state index contributed by atoms with van der Waals surface area (Å²) >= 11 is 3.32. The summed E-state index contributed by atoms with van der Waals surface area (Å²) in [7, 11) is 1.79. The maximum absolute atomic E-state index is 11.6. The molecular formula is C10H18BrNO2. The van der Waals surface area contributed by atoms with E-state index in [-0.39, 0.29) is 18.1 Å². The van der Waals surface area contributed by atoms with Gasteiger partial charge in [-0.25, -0.2) is 0 Å². The topological polar surface area (TPSA) is 38.3 Å². The van der Waals surface area contributed by atoms with E-state index < -0.39 is 0 Å². The Morgan fingerprint density at radius 1 is 1.57 bits per heavy atom. The van der Waals surface area contributed by atoms with Crippen molar-refractivity contribution in [3.05, 3.63) is 0 Å². The molecule has 0 aromatic heterocycles. The highest BCUT2D eigenvalue weighted by Gasteiger charge is 2.23. The maximum atomic E-state index is 11.6. The molecule has 0 aliphatic heterocycles. The average Bonchev–Trinajstić information content (AvgIpc) is 2.66. The van der Waals surface area contributed by atoms with Gasteiger partial charge in [0, 0.05) is 5.33 Å². The van der Waals surface area contributed by atoms with Gasteiger partial charge in [-0.3, -0.25) is 4.79 Å². The summed E-state index contributed by atoms with van der Waals surface area (Å²) in [6.07, 6.45) is 5.42. The second kappa shape index (κ2) is 6.40. The Morgan fingerprint density at radius 3 is 2.71 bits per heavy atom. The van der Waals surface area contributed by atoms with Crippen LogP contribution in [0.2, 0.25) is 0 Å². The fourth-order valence-electron chi connectivity index (χ4n) is 1.74. The number of halogens is 1. The number of hydrogen-bond acceptors (Lipinski definition) is 3. The second-order valence-corrected chi connectivity index (χ2v) is 4.46. The number of carbonyl (C=O) groups is 1. The third-order valence-electron chi connectivity index (χ3n) is 2.62. The van der Waals surface area contributed by atoms with Crippen LogP contribution in [0.25, 0.3) is 0 Å². The van der Waals surface area contributed by atoms with Crippen LogP contribution in [0.1, 0.15) is 32.1 Å². The highest BCUT2D eigenvalue weighted by atomic mass is 79.9. The summed E-state index contributed by atoms with van der Waals surface area (Å²) in [5, 5.41) is 3.79. The minimum atomic E-state index is -0.157. The molecule has 1 N–H and O–H groups in total. The lowest BCUT2D eigenvalue weighted by Gasteiger charge is -2.17. The van der Waals surface area contributed by atoms with Crippen molar-refractivity contribution in [3.8, 4) is 0 Å². The molecule has 0 spiro atoms. The van der Waals surface area contributed by atoms with Gasteiger partial charge in [-0.15, -0.1) is 0 Å². The maximum Gasteiger partial charge on any atom is 0.323 e. The van der Waals surface area contributed by atoms with Gasteiger partial charge in [0.2, 0.25) is 0 Å². The molecule has 1 fully saturated rings. The Labute approximate surface area is 93.7 Å². The molecule has 3 nitrogen and oxygen atoms in total. The molecule has 0 aromatic rings. The molecule has 0 amide bonds. The van der Waals surface area contributed by atoms with Gasteiger partial charge in [-0.1, -0.05) is 15.9 Å². The molecule has 1 saturated carbocycles. The lowest BCUT2D eigenvalue weighted by atomic mass is 10.2. The first-order valence-corrected chi connectivity index (χ1v) is 6.33. The van der Waals surface area contributed by atoms with E-state index in [1.165, 1.54) is 12.8 Å². The van der Waals surface area contributed by atoms with Crippen LogP contribution >= 0.6 is 15.9 Å². The largest absolute Gasteiger partial charge is 0.461 e. The predicted molar refractivity (Wildman–Crippen MR) is 59.6 cm³/mol. The molecule has 1 atom stereocenters. The van der Waals surface area contributed by atoms with Crippen LogP contribution in [0.15, 0.2) is 0 Å². The molecule has 1 aliphatic carbocycles. The molecule has 14 heavy (non-hydrogen) atoms. The van der Waals surface area contributed by atoms with E-state index in [0.29, 0.717) is 0 Å². The SMILES string of the molecule is CN[C@@H](CCBr)C(=O)OC1CCCC1. The van der Waals surface area contributed by atoms with E-state index in [1.54, 1.807) is 7.05 Å². The smallest absolute Gasteiger partial charge is 0.323 e. The molecule has 1 aliphatic rings. The first kappa shape index (κ1) is 12.0. The number of carbonyl (C=O) groups excluding carboxylic acids is 1. The monoisotopic (exact) mass is 263 g/mol. The van der Waals surface area contributed by atoms with Crippen LogP contribution in [-0.2, 0) is 9.53 Å². The first-order valence-electron chi connectivity index (χ1n) is 5.21. The molecule has 0 unspecified atom stereocenters. The van der Waals surface area contributed by atoms with Gasteiger partial charge < -0.3 is 10.1 Å². The Bertz CT molecular complexity index is 181. The van der Waals surface area contributed by atoms with Crippen LogP contribution in [0.5, 0.6) is 0 Å². The summed E-state index contributed by atoms with van der Waals surface area (Å²) < 4.78 is 5.39. The molecule has 0 heterocycles. The summed E-state index contributed by atoms with van der Waals surface area (Å²) in [6, 6.07) is -0.157. The lowest BCUT2D eigenvalue weighted by molar-refractivity contribution is -0.151. The van der Waals surface area contributed by atoms with Crippen molar-refractivity contribution in [2.24, 2.45) is 0 Å². The van der Waals surface area contributed by atoms with Crippen molar-refractivity contribution < 1.29 is 9.53 Å². The van der Waals surface area contributed by atoms with Gasteiger partial charge in [0.05, 0.1) is 0 Å². The van der Waals surface area contributed by atoms with Crippen molar-refractivity contribution in [1.29, 1.82) is 0 Å². The van der Waals surface area contributed by atoms with Crippen LogP contribution in [-0.4, -0.2) is 30.5 Å². The van der Waals surface area contributed by atoms with E-state index >= 15 is 0 Å². The third kappa shape index (κ3) is 3.58. The lowest BCUT2D eigenvalue weighted by Crippen LogP contribution is -2.37. The fraction of sp³-hybridized carbons (Fsp3) is 0.900. The Morgan fingerprint density at radius 2 is 2.21 bits per heavy atom. The molecule has 1 rings (SSSR count). The van der Waals surface area contributed by atoms with Crippen molar-refractivity contribution in [2.45, 2.75) is 44.2 Å². The highest BCUT2D eigenvalue weighted by Crippen LogP contribution is 2.21. The summed E-state index contributed by atoms with van der Waals surface area (Å²) in [6.45, 7) is 0. The molecule has 82 valence electrons. The summed E-state index contributed by atoms with van der Waals surface area (Å²) in [5.74, 6) is -0.0983. The van der Waals surface area contributed by atoms with Crippen molar-refractivity contribution in [1.82, 2.24) is 5.32 Å². The number of nitrogens with one attached hydrogen (secondary N) is 1. The Hall–Kier alpha value is -0.0900. The number of rotatable bonds is 5. The van der Waals surface area contributed by atoms with E-state index in [4.69, 9.17) is 4.74 Å². The number of ether oxygens (including phenoxy) is 1. The van der Waals surface area contributed by atoms with E-state index in [9.17, 15) is 4.79 Å². The second-order valence-electron chi connectivity index (χ2n) is 3.66. The predicted octanol–water partition coefficient (Wildman–Crippen LogP) is 1.85. The first-order chi connectivity index (χ1) is 6.77. The number of alkyl halides is 1. The molecule has 0 aromatic carbocycles. The zero-order valence-electron chi connectivity index (χ0n) is 8.59. The van der Waals surface area contributed by atoms with Gasteiger partial charge >= 0.3 is 5.97 Å². The van der Waals surface area contributed by atoms with Crippen LogP contribution in [0.3, 0.4) is 0 Å². The highest BCUT2D eigenvalue weighted by molar-refractivity contribution is 9.09. The minimum Gasteiger partial charge on any atom is -0.461 e. The summed E-state index contributed by atoms with van der Waals surface area (Å²) in [5.41, 5.74) is 0. The minimum absolute atomic E-state index is 0.0983. The van der Waals surface area contributed by atoms with Gasteiger partial charge in [0.15, 0.2) is 0 Å². The normalized spacial score (nSPS) is 19.6. The van der Waals surface area contributed by atoms with Crippen LogP contribution in [0.4, 0.5) is 0 Å². The number of esters is 1. The van der Waals surface area contributed by atoms with Crippen LogP contribution in [0, 0.1) is 0 Å². The van der Waals surface area contributed by atoms with Crippen LogP contribution < -0.4 is 5.32 Å². The molecule has 0 saturated heterocycles. The number of likely N-dealkylation sites (N-methyl/N-ethyl adjacent to an activating group) is 1. The van der Waals surface area contributed by atoms with E-state index in [2.05, 4.69) is 21.2 Å². The Kier molecular flexibility index (Phi) is 5.48. The molecule has 4 heteroatoms. The van der Waals surface area contributed by atoms with Gasteiger partial charge in [0.1, 0.15) is 12.1 Å². The Balaban J connectivity index is 2.30. The fourth-order valence-corrected chi connectivity index (χ4v) is 2.20. The van der Waals surface area contributed by atoms with Gasteiger partial charge in [0.25, 0.3) is 0 Å². The zero-order chi connectivity index (χ0) is 10.4. The molecule has 0 radical (unpaired) electrons. The quantitative estimate of drug-likeness (QED) is 0.608. The molecule has 0 bridgehead atoms. The van der Waals surface area contributed by atoms with Gasteiger partial charge in [-0.2, -0.15) is 0 Å². The number of hydrogen-bond donors (Lipinski definition) is 1. The standard InChI is InChI=1S/C10H18BrNO2/c1-12-9(6-7-11)10(13)14-8-4-2-3-5-8/h8-9,12H,2-7H2,1H3/t9-/m0/s1.